The third-order valence-electron chi connectivity index (χ3n) is 15.7. The highest BCUT2D eigenvalue weighted by molar-refractivity contribution is 5.80. The fraction of sp³-hybridized carbons (Fsp3) is 0.826. The quantitative estimate of drug-likeness (QED) is 0.0195. The van der Waals surface area contributed by atoms with Gasteiger partial charge in [-0.2, -0.15) is 0 Å². The summed E-state index contributed by atoms with van der Waals surface area (Å²) in [6.45, 7) is 5.78. The molecule has 11 heteroatoms. The zero-order valence-electron chi connectivity index (χ0n) is 51.7. The topological polar surface area (TPSA) is 175 Å². The van der Waals surface area contributed by atoms with Gasteiger partial charge in [0.2, 0.25) is 5.91 Å². The third-order valence-corrected chi connectivity index (χ3v) is 15.7. The van der Waals surface area contributed by atoms with Crippen LogP contribution < -0.4 is 5.32 Å². The molecule has 1 aliphatic rings. The largest absolute Gasteiger partial charge is 0.454 e. The predicted molar refractivity (Wildman–Crippen MR) is 333 cm³/mol. The first-order chi connectivity index (χ1) is 39.2. The van der Waals surface area contributed by atoms with E-state index in [9.17, 15) is 35.1 Å². The molecule has 8 unspecified atom stereocenters. The number of allylic oxidation sites excluding steroid dienone is 9. The maximum Gasteiger partial charge on any atom is 0.306 e. The van der Waals surface area contributed by atoms with Gasteiger partial charge in [-0.1, -0.05) is 287 Å². The van der Waals surface area contributed by atoms with Crippen molar-refractivity contribution in [2.24, 2.45) is 0 Å². The summed E-state index contributed by atoms with van der Waals surface area (Å²) in [7, 11) is 0. The summed E-state index contributed by atoms with van der Waals surface area (Å²) in [5.74, 6) is -1.20. The molecule has 0 radical (unpaired) electrons. The summed E-state index contributed by atoms with van der Waals surface area (Å²) in [5.41, 5.74) is 0. The summed E-state index contributed by atoms with van der Waals surface area (Å²) >= 11 is 0. The van der Waals surface area contributed by atoms with Crippen LogP contribution in [0.15, 0.2) is 60.8 Å². The van der Waals surface area contributed by atoms with Crippen LogP contribution in [0.2, 0.25) is 0 Å². The molecule has 80 heavy (non-hydrogen) atoms. The van der Waals surface area contributed by atoms with E-state index < -0.39 is 67.4 Å². The minimum atomic E-state index is -1.62. The number of hydrogen-bond donors (Lipinski definition) is 6. The van der Waals surface area contributed by atoms with E-state index in [1.807, 2.05) is 6.08 Å². The minimum Gasteiger partial charge on any atom is -0.454 e. The second-order valence-electron chi connectivity index (χ2n) is 23.2. The molecule has 0 saturated carbocycles. The van der Waals surface area contributed by atoms with Crippen LogP contribution in [0.1, 0.15) is 303 Å². The highest BCUT2D eigenvalue weighted by atomic mass is 16.7. The molecule has 1 fully saturated rings. The summed E-state index contributed by atoms with van der Waals surface area (Å²) in [4.78, 5) is 26.6. The normalized spacial score (nSPS) is 19.1. The van der Waals surface area contributed by atoms with Gasteiger partial charge >= 0.3 is 5.97 Å². The van der Waals surface area contributed by atoms with E-state index in [0.717, 1.165) is 83.5 Å². The molecule has 6 N–H and O–H groups in total. The van der Waals surface area contributed by atoms with Crippen molar-refractivity contribution >= 4 is 11.9 Å². The lowest BCUT2D eigenvalue weighted by Gasteiger charge is -2.41. The Balaban J connectivity index is 2.65. The van der Waals surface area contributed by atoms with Crippen molar-refractivity contribution in [3.63, 3.8) is 0 Å². The first-order valence-electron chi connectivity index (χ1n) is 33.6. The molecule has 1 rings (SSSR count). The van der Waals surface area contributed by atoms with Crippen LogP contribution in [0.5, 0.6) is 0 Å². The van der Waals surface area contributed by atoms with Gasteiger partial charge in [0.15, 0.2) is 12.4 Å². The van der Waals surface area contributed by atoms with E-state index in [1.54, 1.807) is 6.08 Å². The van der Waals surface area contributed by atoms with E-state index in [1.165, 1.54) is 173 Å². The van der Waals surface area contributed by atoms with E-state index >= 15 is 0 Å². The second kappa shape index (κ2) is 56.8. The number of amides is 1. The van der Waals surface area contributed by atoms with Gasteiger partial charge < -0.3 is 45.1 Å². The number of carbonyl (C=O) groups is 2. The summed E-state index contributed by atoms with van der Waals surface area (Å²) in [6.07, 6.45) is 61.1. The van der Waals surface area contributed by atoms with Crippen LogP contribution in [0, 0.1) is 0 Å². The second-order valence-corrected chi connectivity index (χ2v) is 23.2. The molecule has 0 spiro atoms. The Morgan fingerprint density at radius 3 is 1.31 bits per heavy atom. The summed E-state index contributed by atoms with van der Waals surface area (Å²) in [6, 6.07) is -1.03. The minimum absolute atomic E-state index is 0.124. The van der Waals surface area contributed by atoms with Crippen LogP contribution in [0.25, 0.3) is 0 Å². The van der Waals surface area contributed by atoms with Crippen LogP contribution in [-0.4, -0.2) is 99.6 Å². The lowest BCUT2D eigenvalue weighted by atomic mass is 9.99. The first kappa shape index (κ1) is 75.4. The van der Waals surface area contributed by atoms with E-state index in [0.29, 0.717) is 12.8 Å². The van der Waals surface area contributed by atoms with Gasteiger partial charge in [0.05, 0.1) is 25.4 Å². The van der Waals surface area contributed by atoms with Gasteiger partial charge in [0.1, 0.15) is 24.4 Å². The lowest BCUT2D eigenvalue weighted by Crippen LogP contribution is -2.61. The zero-order chi connectivity index (χ0) is 58.2. The van der Waals surface area contributed by atoms with Crippen molar-refractivity contribution in [3.05, 3.63) is 60.8 Å². The number of nitrogens with one attached hydrogen (secondary N) is 1. The van der Waals surface area contributed by atoms with E-state index in [-0.39, 0.29) is 19.4 Å². The average Bonchev–Trinajstić information content (AvgIpc) is 3.45. The van der Waals surface area contributed by atoms with E-state index in [2.05, 4.69) is 74.7 Å². The van der Waals surface area contributed by atoms with Crippen LogP contribution >= 0.6 is 0 Å². The molecule has 0 aliphatic carbocycles. The molecule has 1 saturated heterocycles. The monoisotopic (exact) mass is 1130 g/mol. The molecule has 11 nitrogen and oxygen atoms in total. The number of hydrogen-bond acceptors (Lipinski definition) is 10. The maximum atomic E-state index is 13.4. The molecular weight excluding hydrogens is 1000 g/mol. The highest BCUT2D eigenvalue weighted by Crippen LogP contribution is 2.26. The SMILES string of the molecule is CCCCC/C=C\C/C=C\C/C=C\C/C=C\CCCCCCC(O)C(=O)NC(COC1OC(CO)C(O)C(O)C1OC(=O)CCCCCCCCCCCCCCCCCCCCC)C(O)/C=C/CCCCCCCCCCCC. The molecule has 0 aromatic carbocycles. The molecule has 0 bridgehead atoms. The molecule has 1 heterocycles. The number of aliphatic hydroxyl groups excluding tert-OH is 5. The predicted octanol–water partition coefficient (Wildman–Crippen LogP) is 16.6. The Labute approximate surface area is 490 Å². The number of ether oxygens (including phenoxy) is 3. The lowest BCUT2D eigenvalue weighted by molar-refractivity contribution is -0.305. The third kappa shape index (κ3) is 44.0. The Morgan fingerprint density at radius 1 is 0.487 bits per heavy atom. The van der Waals surface area contributed by atoms with Gasteiger partial charge in [0, 0.05) is 6.42 Å². The molecule has 466 valence electrons. The number of rotatable bonds is 57. The fourth-order valence-corrected chi connectivity index (χ4v) is 10.3. The molecule has 1 amide bonds. The fourth-order valence-electron chi connectivity index (χ4n) is 10.3. The van der Waals surface area contributed by atoms with Gasteiger partial charge in [0.25, 0.3) is 0 Å². The van der Waals surface area contributed by atoms with E-state index in [4.69, 9.17) is 14.2 Å². The molecule has 0 aromatic rings. The Bertz CT molecular complexity index is 1530. The zero-order valence-corrected chi connectivity index (χ0v) is 51.7. The molecule has 8 atom stereocenters. The van der Waals surface area contributed by atoms with Gasteiger partial charge in [-0.05, 0) is 70.6 Å². The number of unbranched alkanes of at least 4 members (excludes halogenated alkanes) is 35. The summed E-state index contributed by atoms with van der Waals surface area (Å²) < 4.78 is 17.7. The van der Waals surface area contributed by atoms with Crippen molar-refractivity contribution in [1.82, 2.24) is 5.32 Å². The van der Waals surface area contributed by atoms with Crippen molar-refractivity contribution in [1.29, 1.82) is 0 Å². The number of aliphatic hydroxyl groups is 5. The first-order valence-corrected chi connectivity index (χ1v) is 33.6. The van der Waals surface area contributed by atoms with Gasteiger partial charge in [-0.15, -0.1) is 0 Å². The summed E-state index contributed by atoms with van der Waals surface area (Å²) in [5, 5.41) is 57.1. The van der Waals surface area contributed by atoms with Gasteiger partial charge in [-0.3, -0.25) is 9.59 Å². The standard InChI is InChI=1S/C69H125NO10/c1-4-7-10-13-16-19-22-25-27-29-31-33-34-36-38-41-44-47-50-53-56-62(73)68(77)70-60(61(72)55-52-49-46-43-40-24-21-18-15-12-9-6-3)59-78-69-67(66(76)65(75)63(58-71)79-69)80-64(74)57-54-51-48-45-42-39-37-35-32-30-28-26-23-20-17-14-11-8-5-2/h16,19,25,27,31,33,36,38,52,55,60-63,65-67,69,71-73,75-76H,4-15,17-18,20-24,26,28-30,32,34-35,37,39-51,53-54,56-59H2,1-3H3,(H,70,77)/b19-16-,27-25-,33-31-,38-36-,55-52+. The maximum absolute atomic E-state index is 13.4. The van der Waals surface area contributed by atoms with Crippen molar-refractivity contribution in [2.45, 2.75) is 352 Å². The van der Waals surface area contributed by atoms with Crippen molar-refractivity contribution in [3.8, 4) is 0 Å². The molecule has 0 aromatic heterocycles. The number of carbonyl (C=O) groups excluding carboxylic acids is 2. The molecule has 1 aliphatic heterocycles. The smallest absolute Gasteiger partial charge is 0.306 e. The number of esters is 1. The van der Waals surface area contributed by atoms with Gasteiger partial charge in [-0.25, -0.2) is 0 Å². The average molecular weight is 1130 g/mol. The van der Waals surface area contributed by atoms with Crippen molar-refractivity contribution < 1.29 is 49.3 Å². The molecular formula is C69H125NO10. The Hall–Kier alpha value is -2.64. The Kier molecular flexibility index (Phi) is 53.5. The van der Waals surface area contributed by atoms with Crippen LogP contribution in [0.4, 0.5) is 0 Å². The Morgan fingerprint density at radius 2 is 0.863 bits per heavy atom. The van der Waals surface area contributed by atoms with Crippen molar-refractivity contribution in [2.75, 3.05) is 13.2 Å². The highest BCUT2D eigenvalue weighted by Gasteiger charge is 2.47. The van der Waals surface area contributed by atoms with Crippen LogP contribution in [-0.2, 0) is 23.8 Å². The van der Waals surface area contributed by atoms with Crippen LogP contribution in [0.3, 0.4) is 0 Å².